The number of phenols is 1. The molecule has 2 unspecified atom stereocenters. The molecule has 1 fully saturated rings. The molecule has 1 aliphatic rings. The topological polar surface area (TPSA) is 106 Å². The standard InChI is InChI=1S/C19H26N4O3/c1-5-19(4)10-13(9-18(2,3)11-19)23(12-24)15-8-6-7-14(16(15)25)17(26)21-22-20/h6-8,12-13,25H,5,9-11H2,1-4H3. The number of azide groups is 1. The van der Waals surface area contributed by atoms with Gasteiger partial charge >= 0.3 is 0 Å². The molecule has 0 bridgehead atoms. The molecule has 1 N–H and O–H groups in total. The second-order valence-corrected chi connectivity index (χ2v) is 8.25. The number of anilines is 1. The highest BCUT2D eigenvalue weighted by Crippen LogP contribution is 2.50. The van der Waals surface area contributed by atoms with Crippen molar-refractivity contribution < 1.29 is 14.7 Å². The average molecular weight is 358 g/mol. The van der Waals surface area contributed by atoms with E-state index in [-0.39, 0.29) is 33.9 Å². The average Bonchev–Trinajstić information content (AvgIpc) is 2.55. The van der Waals surface area contributed by atoms with Gasteiger partial charge in [0.1, 0.15) is 5.75 Å². The normalized spacial score (nSPS) is 24.4. The largest absolute Gasteiger partial charge is 0.505 e. The minimum Gasteiger partial charge on any atom is -0.505 e. The first-order valence-corrected chi connectivity index (χ1v) is 8.81. The third-order valence-corrected chi connectivity index (χ3v) is 5.44. The number of carbonyl (C=O) groups excluding carboxylic acids is 2. The van der Waals surface area contributed by atoms with Gasteiger partial charge in [0.25, 0.3) is 5.91 Å². The quantitative estimate of drug-likeness (QED) is 0.353. The number of hydrogen-bond acceptors (Lipinski definition) is 3. The number of nitrogens with zero attached hydrogens (tertiary/aromatic N) is 4. The molecule has 1 aromatic carbocycles. The van der Waals surface area contributed by atoms with Gasteiger partial charge in [-0.05, 0) is 52.9 Å². The molecular formula is C19H26N4O3. The monoisotopic (exact) mass is 358 g/mol. The van der Waals surface area contributed by atoms with Gasteiger partial charge in [-0.3, -0.25) is 9.59 Å². The lowest BCUT2D eigenvalue weighted by Crippen LogP contribution is -2.46. The number of para-hydroxylation sites is 1. The van der Waals surface area contributed by atoms with Crippen LogP contribution >= 0.6 is 0 Å². The number of aromatic hydroxyl groups is 1. The number of benzene rings is 1. The summed E-state index contributed by atoms with van der Waals surface area (Å²) in [5.74, 6) is -1.21. The van der Waals surface area contributed by atoms with Crippen molar-refractivity contribution in [2.75, 3.05) is 4.90 Å². The molecule has 0 aliphatic heterocycles. The number of carbonyl (C=O) groups is 2. The Hall–Kier alpha value is -2.53. The maximum absolute atomic E-state index is 11.9. The van der Waals surface area contributed by atoms with E-state index in [4.69, 9.17) is 5.53 Å². The third-order valence-electron chi connectivity index (χ3n) is 5.44. The summed E-state index contributed by atoms with van der Waals surface area (Å²) in [5, 5.41) is 13.6. The van der Waals surface area contributed by atoms with Crippen molar-refractivity contribution in [3.63, 3.8) is 0 Å². The summed E-state index contributed by atoms with van der Waals surface area (Å²) >= 11 is 0. The molecule has 7 nitrogen and oxygen atoms in total. The molecule has 1 aliphatic carbocycles. The van der Waals surface area contributed by atoms with Crippen LogP contribution in [-0.2, 0) is 4.79 Å². The Morgan fingerprint density at radius 2 is 2.12 bits per heavy atom. The van der Waals surface area contributed by atoms with Crippen molar-refractivity contribution in [1.82, 2.24) is 0 Å². The maximum Gasteiger partial charge on any atom is 0.252 e. The van der Waals surface area contributed by atoms with Gasteiger partial charge in [0.15, 0.2) is 0 Å². The summed E-state index contributed by atoms with van der Waals surface area (Å²) in [4.78, 5) is 27.8. The molecule has 0 spiro atoms. The lowest BCUT2D eigenvalue weighted by Gasteiger charge is -2.49. The number of phenolic OH excluding ortho intramolecular Hbond substituents is 1. The third kappa shape index (κ3) is 3.99. The summed E-state index contributed by atoms with van der Waals surface area (Å²) < 4.78 is 0. The molecule has 0 heterocycles. The fourth-order valence-corrected chi connectivity index (χ4v) is 4.39. The van der Waals surface area contributed by atoms with Crippen LogP contribution in [-0.4, -0.2) is 23.5 Å². The Balaban J connectivity index is 2.45. The second kappa shape index (κ2) is 7.38. The van der Waals surface area contributed by atoms with E-state index in [0.29, 0.717) is 6.41 Å². The van der Waals surface area contributed by atoms with Crippen LogP contribution in [0.1, 0.15) is 63.7 Å². The van der Waals surface area contributed by atoms with Gasteiger partial charge < -0.3 is 10.0 Å². The van der Waals surface area contributed by atoms with Crippen LogP contribution in [0.2, 0.25) is 0 Å². The minimum absolute atomic E-state index is 0.0586. The Kier molecular flexibility index (Phi) is 5.62. The Morgan fingerprint density at radius 1 is 1.42 bits per heavy atom. The zero-order chi connectivity index (χ0) is 19.5. The fraction of sp³-hybridized carbons (Fsp3) is 0.579. The molecule has 140 valence electrons. The molecule has 7 heteroatoms. The second-order valence-electron chi connectivity index (χ2n) is 8.25. The van der Waals surface area contributed by atoms with E-state index in [2.05, 4.69) is 37.7 Å². The Morgan fingerprint density at radius 3 is 2.69 bits per heavy atom. The molecule has 0 saturated heterocycles. The fourth-order valence-electron chi connectivity index (χ4n) is 4.39. The lowest BCUT2D eigenvalue weighted by molar-refractivity contribution is -0.108. The highest BCUT2D eigenvalue weighted by atomic mass is 16.3. The van der Waals surface area contributed by atoms with E-state index < -0.39 is 5.91 Å². The van der Waals surface area contributed by atoms with E-state index in [1.54, 1.807) is 12.1 Å². The molecule has 2 amide bonds. The molecule has 1 aromatic rings. The van der Waals surface area contributed by atoms with Gasteiger partial charge in [-0.2, -0.15) is 0 Å². The van der Waals surface area contributed by atoms with Gasteiger partial charge in [-0.1, -0.05) is 40.2 Å². The molecule has 0 aromatic heterocycles. The molecule has 2 atom stereocenters. The molecule has 26 heavy (non-hydrogen) atoms. The van der Waals surface area contributed by atoms with Gasteiger partial charge in [0.05, 0.1) is 11.3 Å². The zero-order valence-electron chi connectivity index (χ0n) is 15.8. The highest BCUT2D eigenvalue weighted by molar-refractivity contribution is 6.00. The Bertz CT molecular complexity index is 755. The van der Waals surface area contributed by atoms with Crippen LogP contribution in [0.25, 0.3) is 10.4 Å². The van der Waals surface area contributed by atoms with E-state index in [1.165, 1.54) is 11.0 Å². The summed E-state index contributed by atoms with van der Waals surface area (Å²) in [7, 11) is 0. The molecule has 1 saturated carbocycles. The summed E-state index contributed by atoms with van der Waals surface area (Å²) in [6.45, 7) is 8.76. The summed E-state index contributed by atoms with van der Waals surface area (Å²) in [6.07, 6.45) is 4.40. The SMILES string of the molecule is CCC1(C)CC(N(C=O)c2cccc(C(=O)N=[N+]=[N-])c2O)CC(C)(C)C1. The number of amides is 2. The van der Waals surface area contributed by atoms with Gasteiger partial charge in [-0.25, -0.2) is 0 Å². The molecule has 0 radical (unpaired) electrons. The van der Waals surface area contributed by atoms with Gasteiger partial charge in [0, 0.05) is 11.0 Å². The summed E-state index contributed by atoms with van der Waals surface area (Å²) in [5.41, 5.74) is 8.76. The first-order chi connectivity index (χ1) is 12.2. The Labute approximate surface area is 153 Å². The van der Waals surface area contributed by atoms with Crippen LogP contribution < -0.4 is 4.90 Å². The first kappa shape index (κ1) is 19.8. The van der Waals surface area contributed by atoms with Crippen molar-refractivity contribution in [2.24, 2.45) is 15.9 Å². The van der Waals surface area contributed by atoms with Gasteiger partial charge in [-0.15, -0.1) is 0 Å². The molecular weight excluding hydrogens is 332 g/mol. The van der Waals surface area contributed by atoms with E-state index in [1.807, 2.05) is 0 Å². The van der Waals surface area contributed by atoms with Crippen molar-refractivity contribution in [3.05, 3.63) is 34.2 Å². The van der Waals surface area contributed by atoms with Gasteiger partial charge in [0.2, 0.25) is 6.41 Å². The predicted molar refractivity (Wildman–Crippen MR) is 99.9 cm³/mol. The lowest BCUT2D eigenvalue weighted by atomic mass is 9.61. The van der Waals surface area contributed by atoms with Crippen LogP contribution in [0.4, 0.5) is 5.69 Å². The predicted octanol–water partition coefficient (Wildman–Crippen LogP) is 4.80. The smallest absolute Gasteiger partial charge is 0.252 e. The van der Waals surface area contributed by atoms with E-state index >= 15 is 0 Å². The van der Waals surface area contributed by atoms with Crippen LogP contribution in [0.15, 0.2) is 23.3 Å². The van der Waals surface area contributed by atoms with Crippen molar-refractivity contribution >= 4 is 18.0 Å². The number of hydrogen-bond donors (Lipinski definition) is 1. The van der Waals surface area contributed by atoms with Crippen molar-refractivity contribution in [3.8, 4) is 5.75 Å². The maximum atomic E-state index is 11.9. The molecule has 2 rings (SSSR count). The number of rotatable bonds is 5. The van der Waals surface area contributed by atoms with Crippen molar-refractivity contribution in [1.29, 1.82) is 0 Å². The van der Waals surface area contributed by atoms with Crippen LogP contribution in [0.5, 0.6) is 5.75 Å². The van der Waals surface area contributed by atoms with E-state index in [9.17, 15) is 14.7 Å². The van der Waals surface area contributed by atoms with E-state index in [0.717, 1.165) is 25.7 Å². The highest BCUT2D eigenvalue weighted by Gasteiger charge is 2.42. The first-order valence-electron chi connectivity index (χ1n) is 8.81. The van der Waals surface area contributed by atoms with Crippen molar-refractivity contribution in [2.45, 2.75) is 59.4 Å². The summed E-state index contributed by atoms with van der Waals surface area (Å²) in [6, 6.07) is 4.46. The van der Waals surface area contributed by atoms with Crippen LogP contribution in [0, 0.1) is 10.8 Å². The van der Waals surface area contributed by atoms with Crippen LogP contribution in [0.3, 0.4) is 0 Å². The minimum atomic E-state index is -0.875. The zero-order valence-corrected chi connectivity index (χ0v) is 15.8.